The Balaban J connectivity index is 1.20. The third kappa shape index (κ3) is 5.24. The number of aromatic nitrogens is 1. The van der Waals surface area contributed by atoms with Gasteiger partial charge in [-0.05, 0) is 90.9 Å². The van der Waals surface area contributed by atoms with Crippen LogP contribution in [0.5, 0.6) is 0 Å². The minimum absolute atomic E-state index is 0.0147. The van der Waals surface area contributed by atoms with E-state index in [1.54, 1.807) is 0 Å². The van der Waals surface area contributed by atoms with Crippen molar-refractivity contribution in [1.82, 2.24) is 14.8 Å². The van der Waals surface area contributed by atoms with Crippen LogP contribution in [-0.2, 0) is 26.1 Å². The molecule has 0 unspecified atom stereocenters. The number of benzene rings is 2. The highest BCUT2D eigenvalue weighted by Crippen LogP contribution is 2.33. The van der Waals surface area contributed by atoms with Crippen molar-refractivity contribution >= 4 is 29.1 Å². The SMILES string of the molecule is O=C1c2c(Cl)cc(CC3CCN(Cc4ccncc4)CC3)cc2CN1Cc1ccc(Cl)cc1. The largest absolute Gasteiger partial charge is 0.330 e. The molecule has 3 aromatic rings. The highest BCUT2D eigenvalue weighted by Gasteiger charge is 2.30. The lowest BCUT2D eigenvalue weighted by Gasteiger charge is -2.32. The van der Waals surface area contributed by atoms with Crippen molar-refractivity contribution < 1.29 is 4.79 Å². The van der Waals surface area contributed by atoms with Crippen molar-refractivity contribution in [2.45, 2.75) is 38.9 Å². The quantitative estimate of drug-likeness (QED) is 0.434. The Morgan fingerprint density at radius 1 is 0.879 bits per heavy atom. The number of hydrogen-bond acceptors (Lipinski definition) is 3. The van der Waals surface area contributed by atoms with Crippen molar-refractivity contribution in [1.29, 1.82) is 0 Å². The maximum Gasteiger partial charge on any atom is 0.256 e. The molecule has 4 nitrogen and oxygen atoms in total. The van der Waals surface area contributed by atoms with Gasteiger partial charge in [0.1, 0.15) is 0 Å². The first-order valence-corrected chi connectivity index (χ1v) is 12.3. The number of hydrogen-bond donors (Lipinski definition) is 0. The van der Waals surface area contributed by atoms with E-state index in [9.17, 15) is 4.79 Å². The molecule has 0 aliphatic carbocycles. The van der Waals surface area contributed by atoms with Gasteiger partial charge in [0.25, 0.3) is 5.91 Å². The summed E-state index contributed by atoms with van der Waals surface area (Å²) >= 11 is 12.6. The topological polar surface area (TPSA) is 36.4 Å². The molecule has 2 aliphatic heterocycles. The molecule has 2 aromatic carbocycles. The van der Waals surface area contributed by atoms with Gasteiger partial charge in [0, 0.05) is 37.1 Å². The Kier molecular flexibility index (Phi) is 6.68. The average molecular weight is 480 g/mol. The van der Waals surface area contributed by atoms with Crippen molar-refractivity contribution in [2.24, 2.45) is 5.92 Å². The minimum Gasteiger partial charge on any atom is -0.330 e. The van der Waals surface area contributed by atoms with Gasteiger partial charge in [-0.1, -0.05) is 41.4 Å². The van der Waals surface area contributed by atoms with E-state index in [2.05, 4.69) is 28.1 Å². The summed E-state index contributed by atoms with van der Waals surface area (Å²) in [6.07, 6.45) is 7.10. The standard InChI is InChI=1S/C27H27Cl2N3O/c28-24-3-1-20(2-4-24)17-32-18-23-14-22(15-25(29)26(23)27(32)33)13-19-7-11-31(12-8-19)16-21-5-9-30-10-6-21/h1-6,9-10,14-15,19H,7-8,11-13,16-18H2. The van der Waals surface area contributed by atoms with Gasteiger partial charge in [-0.15, -0.1) is 0 Å². The third-order valence-corrected chi connectivity index (χ3v) is 7.32. The van der Waals surface area contributed by atoms with E-state index in [1.165, 1.54) is 24.0 Å². The van der Waals surface area contributed by atoms with Crippen molar-refractivity contribution in [3.05, 3.63) is 98.8 Å². The lowest BCUT2D eigenvalue weighted by Crippen LogP contribution is -2.33. The molecule has 1 saturated heterocycles. The number of pyridine rings is 1. The first kappa shape index (κ1) is 22.4. The van der Waals surface area contributed by atoms with Crippen LogP contribution in [0.3, 0.4) is 0 Å². The van der Waals surface area contributed by atoms with Gasteiger partial charge in [0.15, 0.2) is 0 Å². The molecule has 1 fully saturated rings. The summed E-state index contributed by atoms with van der Waals surface area (Å²) in [6, 6.07) is 16.0. The van der Waals surface area contributed by atoms with E-state index < -0.39 is 0 Å². The van der Waals surface area contributed by atoms with Crippen LogP contribution in [0.25, 0.3) is 0 Å². The van der Waals surface area contributed by atoms with Crippen LogP contribution in [0.1, 0.15) is 45.5 Å². The number of nitrogens with zero attached hydrogens (tertiary/aromatic N) is 3. The van der Waals surface area contributed by atoms with E-state index in [0.717, 1.165) is 37.2 Å². The van der Waals surface area contributed by atoms with E-state index in [0.29, 0.717) is 34.6 Å². The lowest BCUT2D eigenvalue weighted by molar-refractivity contribution is 0.0767. The highest BCUT2D eigenvalue weighted by atomic mass is 35.5. The summed E-state index contributed by atoms with van der Waals surface area (Å²) in [6.45, 7) is 4.38. The molecule has 0 radical (unpaired) electrons. The lowest BCUT2D eigenvalue weighted by atomic mass is 9.89. The summed E-state index contributed by atoms with van der Waals surface area (Å²) in [5, 5.41) is 1.28. The van der Waals surface area contributed by atoms with Crippen LogP contribution in [0, 0.1) is 5.92 Å². The fourth-order valence-corrected chi connectivity index (χ4v) is 5.48. The van der Waals surface area contributed by atoms with Gasteiger partial charge in [0.05, 0.1) is 10.6 Å². The maximum atomic E-state index is 13.0. The van der Waals surface area contributed by atoms with Crippen molar-refractivity contribution in [3.8, 4) is 0 Å². The molecule has 0 spiro atoms. The van der Waals surface area contributed by atoms with Crippen molar-refractivity contribution in [2.75, 3.05) is 13.1 Å². The van der Waals surface area contributed by atoms with E-state index in [4.69, 9.17) is 23.2 Å². The van der Waals surface area contributed by atoms with Gasteiger partial charge >= 0.3 is 0 Å². The van der Waals surface area contributed by atoms with Crippen LogP contribution in [0.4, 0.5) is 0 Å². The van der Waals surface area contributed by atoms with Crippen LogP contribution in [-0.4, -0.2) is 33.8 Å². The molecule has 0 bridgehead atoms. The number of fused-ring (bicyclic) bond motifs is 1. The summed E-state index contributed by atoms with van der Waals surface area (Å²) in [7, 11) is 0. The first-order valence-electron chi connectivity index (χ1n) is 11.5. The van der Waals surface area contributed by atoms with Gasteiger partial charge in [-0.25, -0.2) is 0 Å². The summed E-state index contributed by atoms with van der Waals surface area (Å²) in [5.74, 6) is 0.663. The molecular formula is C27H27Cl2N3O. The normalized spacial score (nSPS) is 16.9. The summed E-state index contributed by atoms with van der Waals surface area (Å²) in [5.41, 5.74) is 5.35. The van der Waals surface area contributed by atoms with E-state index >= 15 is 0 Å². The average Bonchev–Trinajstić information content (AvgIpc) is 3.13. The predicted octanol–water partition coefficient (Wildman–Crippen LogP) is 6.00. The molecule has 5 rings (SSSR count). The Bertz CT molecular complexity index is 1130. The number of amides is 1. The molecule has 0 atom stereocenters. The molecule has 1 amide bonds. The molecule has 33 heavy (non-hydrogen) atoms. The number of piperidine rings is 1. The van der Waals surface area contributed by atoms with Gasteiger partial charge in [-0.2, -0.15) is 0 Å². The van der Waals surface area contributed by atoms with Gasteiger partial charge in [-0.3, -0.25) is 14.7 Å². The van der Waals surface area contributed by atoms with E-state index in [1.807, 2.05) is 47.6 Å². The second-order valence-corrected chi connectivity index (χ2v) is 10.0. The van der Waals surface area contributed by atoms with Crippen LogP contribution in [0.15, 0.2) is 60.9 Å². The molecule has 6 heteroatoms. The Morgan fingerprint density at radius 3 is 2.30 bits per heavy atom. The molecular weight excluding hydrogens is 453 g/mol. The van der Waals surface area contributed by atoms with Gasteiger partial charge < -0.3 is 4.90 Å². The molecule has 3 heterocycles. The first-order chi connectivity index (χ1) is 16.0. The molecule has 2 aliphatic rings. The zero-order valence-corrected chi connectivity index (χ0v) is 20.0. The van der Waals surface area contributed by atoms with E-state index in [-0.39, 0.29) is 5.91 Å². The number of carbonyl (C=O) groups excluding carboxylic acids is 1. The smallest absolute Gasteiger partial charge is 0.256 e. The number of likely N-dealkylation sites (tertiary alicyclic amines) is 1. The number of carbonyl (C=O) groups is 1. The second kappa shape index (κ2) is 9.84. The van der Waals surface area contributed by atoms with Crippen LogP contribution >= 0.6 is 23.2 Å². The van der Waals surface area contributed by atoms with Crippen molar-refractivity contribution in [3.63, 3.8) is 0 Å². The Labute approximate surface area is 205 Å². The molecule has 0 saturated carbocycles. The summed E-state index contributed by atoms with van der Waals surface area (Å²) in [4.78, 5) is 21.5. The fraction of sp³-hybridized carbons (Fsp3) is 0.333. The molecule has 1 aromatic heterocycles. The highest BCUT2D eigenvalue weighted by molar-refractivity contribution is 6.34. The monoisotopic (exact) mass is 479 g/mol. The van der Waals surface area contributed by atoms with Crippen LogP contribution < -0.4 is 0 Å². The Morgan fingerprint density at radius 2 is 1.58 bits per heavy atom. The minimum atomic E-state index is 0.0147. The zero-order chi connectivity index (χ0) is 22.8. The predicted molar refractivity (Wildman–Crippen MR) is 132 cm³/mol. The second-order valence-electron chi connectivity index (χ2n) is 9.18. The number of halogens is 2. The summed E-state index contributed by atoms with van der Waals surface area (Å²) < 4.78 is 0. The van der Waals surface area contributed by atoms with Crippen LogP contribution in [0.2, 0.25) is 10.0 Å². The third-order valence-electron chi connectivity index (χ3n) is 6.77. The molecule has 170 valence electrons. The zero-order valence-electron chi connectivity index (χ0n) is 18.5. The fourth-order valence-electron chi connectivity index (χ4n) is 5.01. The Hall–Kier alpha value is -2.40. The van der Waals surface area contributed by atoms with Gasteiger partial charge in [0.2, 0.25) is 0 Å². The maximum absolute atomic E-state index is 13.0. The molecule has 0 N–H and O–H groups in total. The number of rotatable bonds is 6.